The molecule has 1 aromatic carbocycles. The van der Waals surface area contributed by atoms with Crippen LogP contribution in [0.25, 0.3) is 0 Å². The summed E-state index contributed by atoms with van der Waals surface area (Å²) in [7, 11) is -3.37. The van der Waals surface area contributed by atoms with Gasteiger partial charge < -0.3 is 0 Å². The third-order valence-corrected chi connectivity index (χ3v) is 7.43. The van der Waals surface area contributed by atoms with Crippen molar-refractivity contribution < 1.29 is 18.0 Å². The van der Waals surface area contributed by atoms with Crippen molar-refractivity contribution in [3.63, 3.8) is 0 Å². The van der Waals surface area contributed by atoms with Crippen molar-refractivity contribution in [1.82, 2.24) is 9.21 Å². The van der Waals surface area contributed by atoms with Gasteiger partial charge in [-0.2, -0.15) is 4.31 Å². The van der Waals surface area contributed by atoms with Crippen LogP contribution < -0.4 is 0 Å². The molecular weight excluding hydrogens is 352 g/mol. The molecule has 1 aromatic rings. The molecule has 2 fully saturated rings. The number of aryl methyl sites for hydroxylation is 1. The fourth-order valence-corrected chi connectivity index (χ4v) is 5.56. The van der Waals surface area contributed by atoms with Crippen molar-refractivity contribution in [3.8, 4) is 0 Å². The van der Waals surface area contributed by atoms with Crippen molar-refractivity contribution in [2.45, 2.75) is 25.3 Å². The fraction of sp³-hybridized carbons (Fsp3) is 0.474. The zero-order chi connectivity index (χ0) is 18.3. The molecule has 2 unspecified atom stereocenters. The standard InChI is InChI=1S/C19H22N2O4S/c22-18-16-8-4-5-9-17(16)19(23)21(18)15-12-20(13-15)26(24,25)11-10-14-6-2-1-3-7-14/h1-7,15-17H,8-13H2. The Morgan fingerprint density at radius 1 is 0.923 bits per heavy atom. The lowest BCUT2D eigenvalue weighted by molar-refractivity contribution is -0.145. The zero-order valence-electron chi connectivity index (χ0n) is 14.5. The van der Waals surface area contributed by atoms with Gasteiger partial charge in [0.05, 0.1) is 23.6 Å². The van der Waals surface area contributed by atoms with Gasteiger partial charge in [-0.15, -0.1) is 0 Å². The van der Waals surface area contributed by atoms with Crippen LogP contribution in [0.3, 0.4) is 0 Å². The summed E-state index contributed by atoms with van der Waals surface area (Å²) in [6, 6.07) is 9.18. The molecule has 2 aliphatic heterocycles. The Labute approximate surface area is 153 Å². The number of carbonyl (C=O) groups is 2. The number of hydrogen-bond acceptors (Lipinski definition) is 4. The van der Waals surface area contributed by atoms with Gasteiger partial charge >= 0.3 is 0 Å². The topological polar surface area (TPSA) is 74.8 Å². The summed E-state index contributed by atoms with van der Waals surface area (Å²) in [5.41, 5.74) is 0.981. The summed E-state index contributed by atoms with van der Waals surface area (Å²) in [4.78, 5) is 26.4. The lowest BCUT2D eigenvalue weighted by Gasteiger charge is -2.42. The fourth-order valence-electron chi connectivity index (χ4n) is 4.01. The number of imide groups is 1. The lowest BCUT2D eigenvalue weighted by Crippen LogP contribution is -2.62. The number of nitrogens with zero attached hydrogens (tertiary/aromatic N) is 2. The Hall–Kier alpha value is -1.99. The maximum absolute atomic E-state index is 12.6. The minimum absolute atomic E-state index is 0.0425. The van der Waals surface area contributed by atoms with Gasteiger partial charge in [-0.1, -0.05) is 42.5 Å². The summed E-state index contributed by atoms with van der Waals surface area (Å²) in [5, 5.41) is 0. The highest BCUT2D eigenvalue weighted by atomic mass is 32.2. The molecule has 0 spiro atoms. The largest absolute Gasteiger partial charge is 0.276 e. The summed E-state index contributed by atoms with van der Waals surface area (Å²) in [6.45, 7) is 0.447. The van der Waals surface area contributed by atoms with Crippen molar-refractivity contribution in [1.29, 1.82) is 0 Å². The van der Waals surface area contributed by atoms with Crippen LogP contribution in [0.15, 0.2) is 42.5 Å². The van der Waals surface area contributed by atoms with Gasteiger partial charge in [-0.3, -0.25) is 14.5 Å². The van der Waals surface area contributed by atoms with Crippen molar-refractivity contribution in [2.24, 2.45) is 11.8 Å². The van der Waals surface area contributed by atoms with Crippen LogP contribution in [-0.4, -0.2) is 54.3 Å². The first-order chi connectivity index (χ1) is 12.5. The van der Waals surface area contributed by atoms with E-state index in [4.69, 9.17) is 0 Å². The predicted octanol–water partition coefficient (Wildman–Crippen LogP) is 1.19. The second kappa shape index (κ2) is 6.63. The molecule has 0 saturated carbocycles. The number of hydrogen-bond donors (Lipinski definition) is 0. The molecule has 0 radical (unpaired) electrons. The van der Waals surface area contributed by atoms with E-state index in [1.807, 2.05) is 42.5 Å². The lowest BCUT2D eigenvalue weighted by atomic mass is 9.85. The second-order valence-corrected chi connectivity index (χ2v) is 9.31. The normalized spacial score (nSPS) is 26.8. The van der Waals surface area contributed by atoms with Crippen LogP contribution in [-0.2, 0) is 26.0 Å². The van der Waals surface area contributed by atoms with Crippen molar-refractivity contribution in [3.05, 3.63) is 48.0 Å². The number of sulfonamides is 1. The average Bonchev–Trinajstić information content (AvgIpc) is 2.85. The highest BCUT2D eigenvalue weighted by Gasteiger charge is 2.53. The smallest absolute Gasteiger partial charge is 0.233 e. The number of amides is 2. The van der Waals surface area contributed by atoms with Gasteiger partial charge in [-0.25, -0.2) is 8.42 Å². The van der Waals surface area contributed by atoms with E-state index in [2.05, 4.69) is 0 Å². The Bertz CT molecular complexity index is 818. The molecule has 6 nitrogen and oxygen atoms in total. The third kappa shape index (κ3) is 2.99. The number of rotatable bonds is 5. The molecule has 0 aromatic heterocycles. The molecule has 7 heteroatoms. The zero-order valence-corrected chi connectivity index (χ0v) is 15.3. The van der Waals surface area contributed by atoms with Gasteiger partial charge in [0.2, 0.25) is 21.8 Å². The molecular formula is C19H22N2O4S. The van der Waals surface area contributed by atoms with Crippen molar-refractivity contribution >= 4 is 21.8 Å². The number of carbonyl (C=O) groups excluding carboxylic acids is 2. The molecule has 2 saturated heterocycles. The van der Waals surface area contributed by atoms with E-state index in [0.717, 1.165) is 5.56 Å². The van der Waals surface area contributed by atoms with E-state index >= 15 is 0 Å². The monoisotopic (exact) mass is 374 g/mol. The van der Waals surface area contributed by atoms with Crippen LogP contribution >= 0.6 is 0 Å². The van der Waals surface area contributed by atoms with Crippen LogP contribution in [0.4, 0.5) is 0 Å². The number of likely N-dealkylation sites (tertiary alicyclic amines) is 1. The van der Waals surface area contributed by atoms with Crippen LogP contribution in [0, 0.1) is 11.8 Å². The predicted molar refractivity (Wildman–Crippen MR) is 96.5 cm³/mol. The van der Waals surface area contributed by atoms with Gasteiger partial charge in [0, 0.05) is 13.1 Å². The molecule has 0 bridgehead atoms. The van der Waals surface area contributed by atoms with E-state index < -0.39 is 10.0 Å². The summed E-state index contributed by atoms with van der Waals surface area (Å²) in [5.74, 6) is -0.723. The number of allylic oxidation sites excluding steroid dienone is 2. The first-order valence-electron chi connectivity index (χ1n) is 9.01. The van der Waals surface area contributed by atoms with Crippen LogP contribution in [0.1, 0.15) is 18.4 Å². The minimum Gasteiger partial charge on any atom is -0.276 e. The van der Waals surface area contributed by atoms with E-state index in [1.165, 1.54) is 9.21 Å². The minimum atomic E-state index is -3.37. The molecule has 26 heavy (non-hydrogen) atoms. The van der Waals surface area contributed by atoms with E-state index in [-0.39, 0.29) is 48.5 Å². The van der Waals surface area contributed by atoms with E-state index in [9.17, 15) is 18.0 Å². The molecule has 4 rings (SSSR count). The van der Waals surface area contributed by atoms with Crippen LogP contribution in [0.2, 0.25) is 0 Å². The molecule has 0 N–H and O–H groups in total. The highest BCUT2D eigenvalue weighted by molar-refractivity contribution is 7.89. The molecule has 2 amide bonds. The summed E-state index contributed by atoms with van der Waals surface area (Å²) in [6.07, 6.45) is 5.59. The Kier molecular flexibility index (Phi) is 4.44. The Morgan fingerprint density at radius 2 is 1.50 bits per heavy atom. The number of benzene rings is 1. The SMILES string of the molecule is O=C1C2CC=CCC2C(=O)N1C1CN(S(=O)(=O)CCc2ccccc2)C1. The quantitative estimate of drug-likeness (QED) is 0.573. The Morgan fingerprint density at radius 3 is 2.08 bits per heavy atom. The van der Waals surface area contributed by atoms with Crippen LogP contribution in [0.5, 0.6) is 0 Å². The molecule has 3 aliphatic rings. The molecule has 1 aliphatic carbocycles. The number of fused-ring (bicyclic) bond motifs is 1. The van der Waals surface area contributed by atoms with Gasteiger partial charge in [0.15, 0.2) is 0 Å². The highest BCUT2D eigenvalue weighted by Crippen LogP contribution is 2.37. The van der Waals surface area contributed by atoms with Gasteiger partial charge in [0.1, 0.15) is 0 Å². The molecule has 138 valence electrons. The Balaban J connectivity index is 1.36. The maximum Gasteiger partial charge on any atom is 0.233 e. The second-order valence-electron chi connectivity index (χ2n) is 7.22. The van der Waals surface area contributed by atoms with Crippen molar-refractivity contribution in [2.75, 3.05) is 18.8 Å². The van der Waals surface area contributed by atoms with Gasteiger partial charge in [-0.05, 0) is 24.8 Å². The van der Waals surface area contributed by atoms with Gasteiger partial charge in [0.25, 0.3) is 0 Å². The van der Waals surface area contributed by atoms with E-state index in [1.54, 1.807) is 0 Å². The summed E-state index contributed by atoms with van der Waals surface area (Å²) < 4.78 is 26.4. The molecule has 2 atom stereocenters. The average molecular weight is 374 g/mol. The molecule has 2 heterocycles. The third-order valence-electron chi connectivity index (χ3n) is 5.62. The first kappa shape index (κ1) is 17.4. The summed E-state index contributed by atoms with van der Waals surface area (Å²) >= 11 is 0. The van der Waals surface area contributed by atoms with E-state index in [0.29, 0.717) is 19.3 Å². The maximum atomic E-state index is 12.6. The first-order valence-corrected chi connectivity index (χ1v) is 10.6.